The molecule has 6 heteroatoms. The van der Waals surface area contributed by atoms with E-state index < -0.39 is 0 Å². The Labute approximate surface area is 162 Å². The van der Waals surface area contributed by atoms with E-state index >= 15 is 0 Å². The van der Waals surface area contributed by atoms with E-state index in [-0.39, 0.29) is 27.8 Å². The second-order valence-electron chi connectivity index (χ2n) is 8.13. The van der Waals surface area contributed by atoms with Crippen LogP contribution in [0.2, 0.25) is 0 Å². The van der Waals surface area contributed by atoms with Gasteiger partial charge in [0, 0.05) is 10.9 Å². The summed E-state index contributed by atoms with van der Waals surface area (Å²) >= 11 is 7.64. The van der Waals surface area contributed by atoms with E-state index in [2.05, 4.69) is 10.6 Å². The van der Waals surface area contributed by atoms with Crippen molar-refractivity contribution in [3.05, 3.63) is 34.2 Å². The van der Waals surface area contributed by atoms with Crippen LogP contribution in [0.4, 0.5) is 5.69 Å². The van der Waals surface area contributed by atoms with Crippen LogP contribution in [-0.2, 0) is 9.59 Å². The molecular weight excluding hydrogens is 368 g/mol. The third-order valence-corrected chi connectivity index (χ3v) is 8.12. The Bertz CT molecular complexity index is 794. The van der Waals surface area contributed by atoms with Crippen LogP contribution in [-0.4, -0.2) is 17.9 Å². The third-order valence-electron chi connectivity index (χ3n) is 6.48. The fraction of sp³-hybridized carbons (Fsp3) is 0.500. The highest BCUT2D eigenvalue weighted by molar-refractivity contribution is 8.04. The van der Waals surface area contributed by atoms with Crippen LogP contribution >= 0.6 is 23.4 Å². The van der Waals surface area contributed by atoms with Crippen LogP contribution in [0.15, 0.2) is 39.1 Å². The number of amides is 2. The zero-order valence-corrected chi connectivity index (χ0v) is 15.9. The zero-order chi connectivity index (χ0) is 17.8. The van der Waals surface area contributed by atoms with Crippen molar-refractivity contribution in [3.8, 4) is 0 Å². The van der Waals surface area contributed by atoms with Gasteiger partial charge in [-0.05, 0) is 67.9 Å². The molecule has 0 atom stereocenters. The highest BCUT2D eigenvalue weighted by Crippen LogP contribution is 2.53. The third kappa shape index (κ3) is 2.76. The maximum atomic E-state index is 12.8. The molecule has 0 saturated heterocycles. The van der Waals surface area contributed by atoms with Gasteiger partial charge in [0.1, 0.15) is 9.94 Å². The van der Waals surface area contributed by atoms with Crippen molar-refractivity contribution in [1.29, 1.82) is 0 Å². The normalized spacial score (nSPS) is 36.3. The number of nitrogens with one attached hydrogen (secondary N) is 2. The van der Waals surface area contributed by atoms with E-state index in [0.29, 0.717) is 11.8 Å². The Morgan fingerprint density at radius 1 is 1.08 bits per heavy atom. The Balaban J connectivity index is 1.35. The highest BCUT2D eigenvalue weighted by Gasteiger charge is 2.48. The maximum absolute atomic E-state index is 12.8. The molecule has 6 rings (SSSR count). The molecule has 0 spiro atoms. The standard InChI is InChI=1S/C20H21ClN2O2S/c21-16(18-20(25)22-14-3-1-2-4-15(14)26-18)19(24)23-17-12-6-10-5-11(8-12)9-13(17)7-10/h1-4,10-13,17H,5-9H2,(H,22,25)(H,23,24)/b18-16+. The first-order chi connectivity index (χ1) is 12.6. The predicted octanol–water partition coefficient (Wildman–Crippen LogP) is 4.12. The molecule has 0 unspecified atom stereocenters. The fourth-order valence-corrected chi connectivity index (χ4v) is 6.80. The van der Waals surface area contributed by atoms with Gasteiger partial charge in [0.25, 0.3) is 11.8 Å². The number of halogens is 1. The van der Waals surface area contributed by atoms with Gasteiger partial charge in [-0.25, -0.2) is 0 Å². The largest absolute Gasteiger partial charge is 0.348 e. The first-order valence-corrected chi connectivity index (χ1v) is 10.6. The number of anilines is 1. The molecule has 26 heavy (non-hydrogen) atoms. The topological polar surface area (TPSA) is 58.2 Å². The minimum absolute atomic E-state index is 0.0100. The number of thioether (sulfide) groups is 1. The van der Waals surface area contributed by atoms with E-state index in [4.69, 9.17) is 11.6 Å². The lowest BCUT2D eigenvalue weighted by molar-refractivity contribution is -0.121. The summed E-state index contributed by atoms with van der Waals surface area (Å²) in [6.45, 7) is 0. The van der Waals surface area contributed by atoms with E-state index in [1.165, 1.54) is 43.9 Å². The number of hydrogen-bond donors (Lipinski definition) is 2. The summed E-state index contributed by atoms with van der Waals surface area (Å²) in [5, 5.41) is 6.01. The fourth-order valence-electron chi connectivity index (χ4n) is 5.62. The van der Waals surface area contributed by atoms with Crippen molar-refractivity contribution in [2.45, 2.75) is 43.0 Å². The molecule has 4 aliphatic carbocycles. The lowest BCUT2D eigenvalue weighted by atomic mass is 9.54. The molecule has 2 amide bonds. The average Bonchev–Trinajstić information content (AvgIpc) is 2.62. The van der Waals surface area contributed by atoms with Gasteiger partial charge in [-0.2, -0.15) is 0 Å². The van der Waals surface area contributed by atoms with Gasteiger partial charge in [0.2, 0.25) is 0 Å². The summed E-state index contributed by atoms with van der Waals surface area (Å²) in [5.74, 6) is 2.27. The number of rotatable bonds is 2. The van der Waals surface area contributed by atoms with Crippen molar-refractivity contribution < 1.29 is 9.59 Å². The molecule has 4 nitrogen and oxygen atoms in total. The van der Waals surface area contributed by atoms with Crippen molar-refractivity contribution in [2.24, 2.45) is 23.7 Å². The van der Waals surface area contributed by atoms with Crippen molar-refractivity contribution >= 4 is 40.9 Å². The lowest BCUT2D eigenvalue weighted by Crippen LogP contribution is -2.56. The van der Waals surface area contributed by atoms with E-state index in [1.807, 2.05) is 24.3 Å². The van der Waals surface area contributed by atoms with Crippen LogP contribution in [0, 0.1) is 23.7 Å². The molecule has 4 fully saturated rings. The molecule has 136 valence electrons. The van der Waals surface area contributed by atoms with Gasteiger partial charge >= 0.3 is 0 Å². The van der Waals surface area contributed by atoms with E-state index in [9.17, 15) is 9.59 Å². The predicted molar refractivity (Wildman–Crippen MR) is 103 cm³/mol. The molecule has 4 saturated carbocycles. The molecule has 1 aromatic carbocycles. The Morgan fingerprint density at radius 3 is 2.42 bits per heavy atom. The van der Waals surface area contributed by atoms with Gasteiger partial charge in [0.05, 0.1) is 5.69 Å². The summed E-state index contributed by atoms with van der Waals surface area (Å²) in [5.41, 5.74) is 0.761. The number of fused-ring (bicyclic) bond motifs is 1. The smallest absolute Gasteiger partial charge is 0.264 e. The minimum Gasteiger partial charge on any atom is -0.348 e. The highest BCUT2D eigenvalue weighted by atomic mass is 35.5. The first-order valence-electron chi connectivity index (χ1n) is 9.37. The molecular formula is C20H21ClN2O2S. The Morgan fingerprint density at radius 2 is 1.73 bits per heavy atom. The number of carbonyl (C=O) groups is 2. The summed E-state index contributed by atoms with van der Waals surface area (Å²) < 4.78 is 0. The first kappa shape index (κ1) is 16.7. The molecule has 0 aromatic heterocycles. The van der Waals surface area contributed by atoms with Crippen LogP contribution in [0.3, 0.4) is 0 Å². The molecule has 1 heterocycles. The minimum atomic E-state index is -0.307. The van der Waals surface area contributed by atoms with Crippen LogP contribution in [0.25, 0.3) is 0 Å². The zero-order valence-electron chi connectivity index (χ0n) is 14.3. The van der Waals surface area contributed by atoms with E-state index in [0.717, 1.165) is 22.4 Å². The number of benzene rings is 1. The number of para-hydroxylation sites is 1. The second-order valence-corrected chi connectivity index (χ2v) is 9.56. The van der Waals surface area contributed by atoms with Gasteiger partial charge in [0.15, 0.2) is 0 Å². The average molecular weight is 389 g/mol. The SMILES string of the molecule is O=C(NC1C2CC3CC(C2)CC1C3)/C(Cl)=C1\Sc2ccccc2NC1=O. The summed E-state index contributed by atoms with van der Waals surface area (Å²) in [4.78, 5) is 26.4. The second kappa shape index (κ2) is 6.31. The summed E-state index contributed by atoms with van der Waals surface area (Å²) in [6.07, 6.45) is 6.31. The lowest BCUT2D eigenvalue weighted by Gasteiger charge is -2.54. The van der Waals surface area contributed by atoms with E-state index in [1.54, 1.807) is 0 Å². The summed E-state index contributed by atoms with van der Waals surface area (Å²) in [6, 6.07) is 7.76. The van der Waals surface area contributed by atoms with Gasteiger partial charge < -0.3 is 10.6 Å². The quantitative estimate of drug-likeness (QED) is 0.749. The Hall–Kier alpha value is -1.46. The molecule has 0 radical (unpaired) electrons. The van der Waals surface area contributed by atoms with Crippen molar-refractivity contribution in [1.82, 2.24) is 5.32 Å². The van der Waals surface area contributed by atoms with Crippen molar-refractivity contribution in [2.75, 3.05) is 5.32 Å². The molecule has 5 aliphatic rings. The molecule has 2 N–H and O–H groups in total. The maximum Gasteiger partial charge on any atom is 0.264 e. The molecule has 1 aliphatic heterocycles. The van der Waals surface area contributed by atoms with Gasteiger partial charge in [-0.1, -0.05) is 35.5 Å². The van der Waals surface area contributed by atoms with Crippen LogP contribution in [0.5, 0.6) is 0 Å². The van der Waals surface area contributed by atoms with Crippen LogP contribution < -0.4 is 10.6 Å². The molecule has 4 bridgehead atoms. The van der Waals surface area contributed by atoms with Crippen LogP contribution in [0.1, 0.15) is 32.1 Å². The molecule has 1 aromatic rings. The summed E-state index contributed by atoms with van der Waals surface area (Å²) in [7, 11) is 0. The van der Waals surface area contributed by atoms with Gasteiger partial charge in [-0.15, -0.1) is 0 Å². The number of hydrogen-bond acceptors (Lipinski definition) is 3. The number of carbonyl (C=O) groups excluding carboxylic acids is 2. The van der Waals surface area contributed by atoms with Gasteiger partial charge in [-0.3, -0.25) is 9.59 Å². The Kier molecular flexibility index (Phi) is 4.05. The van der Waals surface area contributed by atoms with Crippen molar-refractivity contribution in [3.63, 3.8) is 0 Å². The monoisotopic (exact) mass is 388 g/mol.